The summed E-state index contributed by atoms with van der Waals surface area (Å²) in [4.78, 5) is 14.3. The van der Waals surface area contributed by atoms with Crippen LogP contribution in [0.15, 0.2) is 30.3 Å². The lowest BCUT2D eigenvalue weighted by molar-refractivity contribution is -0.135. The minimum atomic E-state index is -0.250. The van der Waals surface area contributed by atoms with E-state index in [0.717, 1.165) is 75.1 Å². The zero-order valence-electron chi connectivity index (χ0n) is 16.4. The molecular weight excluding hydrogens is 379 g/mol. The molecule has 0 unspecified atom stereocenters. The van der Waals surface area contributed by atoms with Crippen LogP contribution < -0.4 is 5.32 Å². The van der Waals surface area contributed by atoms with E-state index in [1.165, 1.54) is 12.1 Å². The van der Waals surface area contributed by atoms with Crippen molar-refractivity contribution in [2.75, 3.05) is 26.7 Å². The summed E-state index contributed by atoms with van der Waals surface area (Å²) in [5.74, 6) is 0.243. The summed E-state index contributed by atoms with van der Waals surface area (Å²) in [5, 5.41) is 10.6. The number of nitrogens with one attached hydrogen (secondary N) is 2. The quantitative estimate of drug-likeness (QED) is 0.653. The van der Waals surface area contributed by atoms with Gasteiger partial charge >= 0.3 is 0 Å². The molecule has 0 atom stereocenters. The first-order chi connectivity index (χ1) is 13.1. The Bertz CT molecular complexity index is 746. The predicted molar refractivity (Wildman–Crippen MR) is 112 cm³/mol. The number of hydrogen-bond donors (Lipinski definition) is 2. The Morgan fingerprint density at radius 3 is 2.75 bits per heavy atom. The number of piperidine rings is 1. The lowest BCUT2D eigenvalue weighted by Gasteiger charge is -2.26. The zero-order chi connectivity index (χ0) is 19.1. The van der Waals surface area contributed by atoms with Crippen molar-refractivity contribution in [2.45, 2.75) is 38.5 Å². The second-order valence-electron chi connectivity index (χ2n) is 7.38. The van der Waals surface area contributed by atoms with Crippen LogP contribution in [0.2, 0.25) is 0 Å². The first-order valence-electron chi connectivity index (χ1n) is 9.89. The number of hydrogen-bond acceptors (Lipinski definition) is 3. The van der Waals surface area contributed by atoms with Gasteiger partial charge in [-0.05, 0) is 63.4 Å². The number of carbonyl (C=O) groups excluding carboxylic acids is 1. The monoisotopic (exact) mass is 408 g/mol. The van der Waals surface area contributed by atoms with E-state index in [-0.39, 0.29) is 24.1 Å². The fourth-order valence-electron chi connectivity index (χ4n) is 3.62. The van der Waals surface area contributed by atoms with Gasteiger partial charge in [0.1, 0.15) is 5.82 Å². The molecule has 1 aromatic carbocycles. The third kappa shape index (κ3) is 6.31. The van der Waals surface area contributed by atoms with Crippen molar-refractivity contribution in [3.8, 4) is 11.3 Å². The summed E-state index contributed by atoms with van der Waals surface area (Å²) in [6, 6.07) is 8.47. The van der Waals surface area contributed by atoms with Gasteiger partial charge in [-0.1, -0.05) is 18.6 Å². The topological polar surface area (TPSA) is 61.0 Å². The number of unbranched alkanes of at least 4 members (excludes halogenated alkanes) is 2. The number of halogens is 2. The second kappa shape index (κ2) is 11.2. The zero-order valence-corrected chi connectivity index (χ0v) is 17.2. The van der Waals surface area contributed by atoms with Crippen LogP contribution in [-0.2, 0) is 11.2 Å². The Balaban J connectivity index is 0.00000280. The van der Waals surface area contributed by atoms with Crippen molar-refractivity contribution in [3.63, 3.8) is 0 Å². The largest absolute Gasteiger partial charge is 0.346 e. The predicted octanol–water partition coefficient (Wildman–Crippen LogP) is 3.81. The first kappa shape index (κ1) is 22.4. The molecule has 0 radical (unpaired) electrons. The van der Waals surface area contributed by atoms with Gasteiger partial charge in [0.2, 0.25) is 5.91 Å². The van der Waals surface area contributed by atoms with Crippen molar-refractivity contribution in [3.05, 3.63) is 41.8 Å². The van der Waals surface area contributed by atoms with Gasteiger partial charge < -0.3 is 10.2 Å². The number of aromatic nitrogens is 2. The van der Waals surface area contributed by atoms with Crippen LogP contribution in [0, 0.1) is 11.7 Å². The van der Waals surface area contributed by atoms with Gasteiger partial charge in [-0.2, -0.15) is 5.10 Å². The van der Waals surface area contributed by atoms with E-state index in [1.54, 1.807) is 6.07 Å². The molecule has 28 heavy (non-hydrogen) atoms. The fraction of sp³-hybridized carbons (Fsp3) is 0.524. The van der Waals surface area contributed by atoms with Crippen LogP contribution in [0.1, 0.15) is 37.8 Å². The van der Waals surface area contributed by atoms with E-state index in [0.29, 0.717) is 5.91 Å². The number of carbonyl (C=O) groups is 1. The molecule has 1 aromatic heterocycles. The van der Waals surface area contributed by atoms with Crippen molar-refractivity contribution < 1.29 is 9.18 Å². The average Bonchev–Trinajstić information content (AvgIpc) is 3.16. The second-order valence-corrected chi connectivity index (χ2v) is 7.38. The minimum absolute atomic E-state index is 0. The molecule has 2 aromatic rings. The average molecular weight is 409 g/mol. The Hall–Kier alpha value is -1.92. The van der Waals surface area contributed by atoms with Crippen LogP contribution in [0.25, 0.3) is 11.3 Å². The third-order valence-corrected chi connectivity index (χ3v) is 5.26. The minimum Gasteiger partial charge on any atom is -0.346 e. The van der Waals surface area contributed by atoms with Crippen LogP contribution in [0.3, 0.4) is 0 Å². The molecule has 1 saturated heterocycles. The lowest BCUT2D eigenvalue weighted by atomic mass is 9.96. The van der Waals surface area contributed by atoms with Gasteiger partial charge in [0.25, 0.3) is 0 Å². The van der Waals surface area contributed by atoms with E-state index in [2.05, 4.69) is 15.5 Å². The molecule has 5 nitrogen and oxygen atoms in total. The van der Waals surface area contributed by atoms with Gasteiger partial charge in [0.15, 0.2) is 0 Å². The summed E-state index contributed by atoms with van der Waals surface area (Å²) >= 11 is 0. The summed E-state index contributed by atoms with van der Waals surface area (Å²) in [6.45, 7) is 2.72. The number of amides is 1. The molecule has 1 aliphatic rings. The van der Waals surface area contributed by atoms with Crippen LogP contribution >= 0.6 is 12.4 Å². The Morgan fingerprint density at radius 2 is 2.00 bits per heavy atom. The Labute approximate surface area is 172 Å². The molecule has 0 bridgehead atoms. The highest BCUT2D eigenvalue weighted by atomic mass is 35.5. The van der Waals surface area contributed by atoms with Crippen LogP contribution in [0.4, 0.5) is 4.39 Å². The van der Waals surface area contributed by atoms with Gasteiger partial charge in [0, 0.05) is 30.8 Å². The van der Waals surface area contributed by atoms with Crippen molar-refractivity contribution in [2.24, 2.45) is 5.92 Å². The molecule has 1 aliphatic heterocycles. The van der Waals surface area contributed by atoms with E-state index in [1.807, 2.05) is 24.1 Å². The number of aryl methyl sites for hydroxylation is 1. The molecule has 7 heteroatoms. The summed E-state index contributed by atoms with van der Waals surface area (Å²) in [6.07, 6.45) is 5.94. The highest BCUT2D eigenvalue weighted by Gasteiger charge is 2.23. The smallest absolute Gasteiger partial charge is 0.225 e. The summed E-state index contributed by atoms with van der Waals surface area (Å²) < 4.78 is 13.3. The molecule has 0 aliphatic carbocycles. The van der Waals surface area contributed by atoms with E-state index >= 15 is 0 Å². The summed E-state index contributed by atoms with van der Waals surface area (Å²) in [7, 11) is 1.92. The first-order valence-corrected chi connectivity index (χ1v) is 9.89. The number of H-pyrrole nitrogens is 1. The standard InChI is InChI=1S/C21H29FN4O.ClH/c1-26(21(27)16-9-11-23-12-10-16)13-4-2-3-8-19-15-20(25-24-19)17-6-5-7-18(22)14-17;/h5-7,14-16,23H,2-4,8-13H2,1H3,(H,24,25);1H. The Kier molecular flexibility index (Phi) is 8.93. The lowest BCUT2D eigenvalue weighted by Crippen LogP contribution is -2.39. The van der Waals surface area contributed by atoms with E-state index in [4.69, 9.17) is 0 Å². The molecule has 154 valence electrons. The molecule has 0 spiro atoms. The normalized spacial score (nSPS) is 14.5. The maximum absolute atomic E-state index is 13.3. The van der Waals surface area contributed by atoms with Gasteiger partial charge in [-0.15, -0.1) is 12.4 Å². The van der Waals surface area contributed by atoms with Gasteiger partial charge in [0.05, 0.1) is 5.69 Å². The Morgan fingerprint density at radius 1 is 1.21 bits per heavy atom. The van der Waals surface area contributed by atoms with E-state index < -0.39 is 0 Å². The van der Waals surface area contributed by atoms with Crippen molar-refractivity contribution >= 4 is 18.3 Å². The molecular formula is C21H30ClFN4O. The number of rotatable bonds is 8. The number of benzene rings is 1. The number of nitrogens with zero attached hydrogens (tertiary/aromatic N) is 2. The highest BCUT2D eigenvalue weighted by molar-refractivity contribution is 5.85. The molecule has 2 N–H and O–H groups in total. The molecule has 3 rings (SSSR count). The third-order valence-electron chi connectivity index (χ3n) is 5.26. The highest BCUT2D eigenvalue weighted by Crippen LogP contribution is 2.19. The maximum atomic E-state index is 13.3. The fourth-order valence-corrected chi connectivity index (χ4v) is 3.62. The van der Waals surface area contributed by atoms with Crippen LogP contribution in [-0.4, -0.2) is 47.7 Å². The number of aromatic amines is 1. The molecule has 2 heterocycles. The van der Waals surface area contributed by atoms with Crippen LogP contribution in [0.5, 0.6) is 0 Å². The SMILES string of the molecule is CN(CCCCCc1cc(-c2cccc(F)c2)n[nH]1)C(=O)C1CCNCC1.Cl. The van der Waals surface area contributed by atoms with Gasteiger partial charge in [-0.3, -0.25) is 9.89 Å². The van der Waals surface area contributed by atoms with Crippen molar-refractivity contribution in [1.29, 1.82) is 0 Å². The molecule has 1 amide bonds. The van der Waals surface area contributed by atoms with E-state index in [9.17, 15) is 9.18 Å². The molecule has 0 saturated carbocycles. The van der Waals surface area contributed by atoms with Gasteiger partial charge in [-0.25, -0.2) is 4.39 Å². The maximum Gasteiger partial charge on any atom is 0.225 e. The summed E-state index contributed by atoms with van der Waals surface area (Å²) in [5.41, 5.74) is 2.63. The van der Waals surface area contributed by atoms with Crippen molar-refractivity contribution in [1.82, 2.24) is 20.4 Å². The molecule has 1 fully saturated rings.